The minimum Gasteiger partial charge on any atom is -0.394 e. The Labute approximate surface area is 126 Å². The summed E-state index contributed by atoms with van der Waals surface area (Å²) < 4.78 is 6.00. The number of hydrogen-bond acceptors (Lipinski definition) is 6. The minimum atomic E-state index is -0.0968. The van der Waals surface area contributed by atoms with Gasteiger partial charge in [0.15, 0.2) is 0 Å². The van der Waals surface area contributed by atoms with Crippen molar-refractivity contribution in [2.75, 3.05) is 32.3 Å². The van der Waals surface area contributed by atoms with Crippen molar-refractivity contribution in [1.29, 1.82) is 0 Å². The number of ether oxygens (including phenoxy) is 1. The van der Waals surface area contributed by atoms with Gasteiger partial charge in [-0.1, -0.05) is 0 Å². The largest absolute Gasteiger partial charge is 0.394 e. The van der Waals surface area contributed by atoms with Gasteiger partial charge in [-0.15, -0.1) is 0 Å². The number of aliphatic hydroxyl groups is 1. The fourth-order valence-corrected chi connectivity index (χ4v) is 1.89. The van der Waals surface area contributed by atoms with E-state index < -0.39 is 0 Å². The number of rotatable bonds is 9. The molecule has 0 aliphatic carbocycles. The van der Waals surface area contributed by atoms with Gasteiger partial charge >= 0.3 is 0 Å². The number of aromatic nitrogens is 2. The molecule has 108 valence electrons. The number of nitrogens with one attached hydrogen (secondary N) is 2. The van der Waals surface area contributed by atoms with Crippen LogP contribution in [0.25, 0.3) is 0 Å². The zero-order valence-corrected chi connectivity index (χ0v) is 13.0. The molecule has 0 fully saturated rings. The first-order valence-electron chi connectivity index (χ1n) is 5.95. The van der Waals surface area contributed by atoms with Gasteiger partial charge in [-0.2, -0.15) is 4.98 Å². The van der Waals surface area contributed by atoms with E-state index >= 15 is 0 Å². The Morgan fingerprint density at radius 2 is 2.37 bits per heavy atom. The summed E-state index contributed by atoms with van der Waals surface area (Å²) in [4.78, 5) is 7.91. The Morgan fingerprint density at radius 1 is 1.58 bits per heavy atom. The van der Waals surface area contributed by atoms with Crippen LogP contribution < -0.4 is 10.6 Å². The molecule has 0 amide bonds. The number of anilines is 1. The fourth-order valence-electron chi connectivity index (χ4n) is 1.46. The van der Waals surface area contributed by atoms with E-state index in [2.05, 4.69) is 36.5 Å². The van der Waals surface area contributed by atoms with Gasteiger partial charge in [0.1, 0.15) is 5.82 Å². The molecule has 0 aliphatic rings. The van der Waals surface area contributed by atoms with Gasteiger partial charge in [0.2, 0.25) is 5.28 Å². The quantitative estimate of drug-likeness (QED) is 0.356. The van der Waals surface area contributed by atoms with Crippen LogP contribution >= 0.6 is 27.5 Å². The molecular weight excluding hydrogens is 336 g/mol. The van der Waals surface area contributed by atoms with Gasteiger partial charge < -0.3 is 15.2 Å². The van der Waals surface area contributed by atoms with Gasteiger partial charge in [-0.3, -0.25) is 5.32 Å². The molecule has 0 aliphatic heterocycles. The van der Waals surface area contributed by atoms with E-state index in [4.69, 9.17) is 16.3 Å². The monoisotopic (exact) mass is 352 g/mol. The van der Waals surface area contributed by atoms with Crippen LogP contribution in [0, 0.1) is 0 Å². The second-order valence-corrected chi connectivity index (χ2v) is 5.10. The third-order valence-corrected chi connectivity index (χ3v) is 3.13. The Balaban J connectivity index is 2.41. The van der Waals surface area contributed by atoms with E-state index in [9.17, 15) is 5.11 Å². The maximum absolute atomic E-state index is 9.34. The molecule has 6 nitrogen and oxygen atoms in total. The van der Waals surface area contributed by atoms with Crippen molar-refractivity contribution in [1.82, 2.24) is 15.3 Å². The van der Waals surface area contributed by atoms with Crippen LogP contribution in [0.5, 0.6) is 0 Å². The molecule has 1 aromatic rings. The van der Waals surface area contributed by atoms with E-state index in [1.165, 1.54) is 0 Å². The summed E-state index contributed by atoms with van der Waals surface area (Å²) in [6, 6.07) is -0.0968. The Hall–Kier alpha value is -0.470. The van der Waals surface area contributed by atoms with E-state index in [-0.39, 0.29) is 17.9 Å². The lowest BCUT2D eigenvalue weighted by atomic mass is 10.2. The summed E-state index contributed by atoms with van der Waals surface area (Å²) in [5.74, 6) is 0.579. The van der Waals surface area contributed by atoms with Gasteiger partial charge in [0, 0.05) is 12.8 Å². The molecule has 1 unspecified atom stereocenters. The first kappa shape index (κ1) is 16.6. The molecule has 0 bridgehead atoms. The summed E-state index contributed by atoms with van der Waals surface area (Å²) in [5.41, 5.74) is 0. The van der Waals surface area contributed by atoms with Crippen molar-refractivity contribution in [2.45, 2.75) is 18.9 Å². The van der Waals surface area contributed by atoms with Crippen LogP contribution in [-0.2, 0) is 4.74 Å². The summed E-state index contributed by atoms with van der Waals surface area (Å²) in [7, 11) is 1.83. The lowest BCUT2D eigenvalue weighted by molar-refractivity contribution is 0.116. The standard InChI is InChI=1S/C11H18BrClN4O2/c1-14-7-19-4-2-3-8(6-18)16-10-9(12)5-15-11(13)17-10/h5,8,14,18H,2-4,6-7H2,1H3,(H,15,16,17). The van der Waals surface area contributed by atoms with Crippen LogP contribution in [-0.4, -0.2) is 48.1 Å². The summed E-state index contributed by atoms with van der Waals surface area (Å²) in [5, 5.41) is 15.5. The lowest BCUT2D eigenvalue weighted by Gasteiger charge is -2.17. The fraction of sp³-hybridized carbons (Fsp3) is 0.636. The molecule has 0 saturated carbocycles. The van der Waals surface area contributed by atoms with Crippen molar-refractivity contribution in [3.8, 4) is 0 Å². The first-order chi connectivity index (χ1) is 9.17. The van der Waals surface area contributed by atoms with Crippen LogP contribution in [0.1, 0.15) is 12.8 Å². The first-order valence-corrected chi connectivity index (χ1v) is 7.12. The maximum atomic E-state index is 9.34. The Bertz CT molecular complexity index is 384. The van der Waals surface area contributed by atoms with Crippen molar-refractivity contribution in [3.05, 3.63) is 16.0 Å². The van der Waals surface area contributed by atoms with Crippen LogP contribution in [0.3, 0.4) is 0 Å². The highest BCUT2D eigenvalue weighted by Gasteiger charge is 2.11. The predicted molar refractivity (Wildman–Crippen MR) is 78.4 cm³/mol. The molecule has 0 aromatic carbocycles. The van der Waals surface area contributed by atoms with Gasteiger partial charge in [-0.05, 0) is 47.4 Å². The van der Waals surface area contributed by atoms with E-state index in [1.807, 2.05) is 7.05 Å². The average molecular weight is 354 g/mol. The summed E-state index contributed by atoms with van der Waals surface area (Å²) in [6.07, 6.45) is 3.19. The average Bonchev–Trinajstić information content (AvgIpc) is 2.41. The number of halogens is 2. The zero-order chi connectivity index (χ0) is 14.1. The van der Waals surface area contributed by atoms with E-state index in [1.54, 1.807) is 6.20 Å². The molecule has 1 atom stereocenters. The molecule has 0 radical (unpaired) electrons. The lowest BCUT2D eigenvalue weighted by Crippen LogP contribution is -2.25. The van der Waals surface area contributed by atoms with Crippen LogP contribution in [0.15, 0.2) is 10.7 Å². The predicted octanol–water partition coefficient (Wildman–Crippen LogP) is 1.64. The maximum Gasteiger partial charge on any atom is 0.224 e. The Morgan fingerprint density at radius 3 is 3.05 bits per heavy atom. The molecular formula is C11H18BrClN4O2. The number of aliphatic hydroxyl groups excluding tert-OH is 1. The molecule has 3 N–H and O–H groups in total. The highest BCUT2D eigenvalue weighted by molar-refractivity contribution is 9.10. The number of nitrogens with zero attached hydrogens (tertiary/aromatic N) is 2. The molecule has 0 saturated heterocycles. The normalized spacial score (nSPS) is 12.4. The third-order valence-electron chi connectivity index (χ3n) is 2.36. The summed E-state index contributed by atoms with van der Waals surface area (Å²) >= 11 is 9.06. The van der Waals surface area contributed by atoms with Gasteiger partial charge in [-0.25, -0.2) is 4.98 Å². The van der Waals surface area contributed by atoms with Crippen molar-refractivity contribution >= 4 is 33.3 Å². The molecule has 0 spiro atoms. The van der Waals surface area contributed by atoms with E-state index in [0.29, 0.717) is 23.6 Å². The minimum absolute atomic E-state index is 0.0140. The summed E-state index contributed by atoms with van der Waals surface area (Å²) in [6.45, 7) is 1.19. The molecule has 1 heterocycles. The van der Waals surface area contributed by atoms with Crippen molar-refractivity contribution in [2.24, 2.45) is 0 Å². The molecule has 8 heteroatoms. The Kier molecular flexibility index (Phi) is 8.24. The van der Waals surface area contributed by atoms with Crippen molar-refractivity contribution < 1.29 is 9.84 Å². The van der Waals surface area contributed by atoms with Crippen LogP contribution in [0.4, 0.5) is 5.82 Å². The molecule has 1 aromatic heterocycles. The highest BCUT2D eigenvalue weighted by Crippen LogP contribution is 2.21. The molecule has 19 heavy (non-hydrogen) atoms. The topological polar surface area (TPSA) is 79.3 Å². The van der Waals surface area contributed by atoms with E-state index in [0.717, 1.165) is 12.8 Å². The second-order valence-electron chi connectivity index (χ2n) is 3.91. The smallest absolute Gasteiger partial charge is 0.224 e. The number of hydrogen-bond donors (Lipinski definition) is 3. The van der Waals surface area contributed by atoms with Crippen molar-refractivity contribution in [3.63, 3.8) is 0 Å². The third kappa shape index (κ3) is 6.49. The highest BCUT2D eigenvalue weighted by atomic mass is 79.9. The molecule has 1 rings (SSSR count). The zero-order valence-electron chi connectivity index (χ0n) is 10.7. The van der Waals surface area contributed by atoms with Gasteiger partial charge in [0.25, 0.3) is 0 Å². The second kappa shape index (κ2) is 9.44. The van der Waals surface area contributed by atoms with Crippen LogP contribution in [0.2, 0.25) is 5.28 Å². The van der Waals surface area contributed by atoms with Gasteiger partial charge in [0.05, 0.1) is 23.9 Å². The SMILES string of the molecule is CNCOCCCC(CO)Nc1nc(Cl)ncc1Br.